The zero-order valence-electron chi connectivity index (χ0n) is 22.2. The Kier molecular flexibility index (Phi) is 7.92. The number of aryl methyl sites for hydroxylation is 1. The zero-order chi connectivity index (χ0) is 26.0. The lowest BCUT2D eigenvalue weighted by molar-refractivity contribution is -0.135. The molecule has 0 N–H and O–H groups in total. The Morgan fingerprint density at radius 2 is 1.67 bits per heavy atom. The van der Waals surface area contributed by atoms with Crippen LogP contribution in [0.4, 0.5) is 0 Å². The van der Waals surface area contributed by atoms with Gasteiger partial charge in [0.2, 0.25) is 11.6 Å². The number of ketones is 3. The minimum Gasteiger partial charge on any atom is -0.493 e. The standard InChI is InChI=1S/C32H38O4/c1-6-36-29-18-25-21(5)15-27(32(35)30(33)19(2)3)26(25)17-28(29)31(34)24-13-11-23(12-14-24)16-22-9-7-20(4)8-10-22/h7-10,15,17-19,21,23-24H,6,11-14,16H2,1-5H3. The predicted octanol–water partition coefficient (Wildman–Crippen LogP) is 6.92. The molecule has 1 unspecified atom stereocenters. The number of Topliss-reactive ketones (excluding diaryl/α,β-unsaturated/α-hetero) is 3. The highest BCUT2D eigenvalue weighted by Gasteiger charge is 2.34. The summed E-state index contributed by atoms with van der Waals surface area (Å²) < 4.78 is 5.92. The third-order valence-corrected chi connectivity index (χ3v) is 7.77. The Labute approximate surface area is 215 Å². The molecule has 0 bridgehead atoms. The molecule has 1 saturated carbocycles. The van der Waals surface area contributed by atoms with E-state index in [1.807, 2.05) is 32.1 Å². The molecule has 2 aromatic rings. The van der Waals surface area contributed by atoms with Gasteiger partial charge in [-0.25, -0.2) is 0 Å². The number of carbonyl (C=O) groups excluding carboxylic acids is 3. The molecule has 2 aromatic carbocycles. The highest BCUT2D eigenvalue weighted by molar-refractivity contribution is 6.54. The quantitative estimate of drug-likeness (QED) is 0.285. The fraction of sp³-hybridized carbons (Fsp3) is 0.469. The minimum atomic E-state index is -0.463. The first-order chi connectivity index (χ1) is 17.2. The van der Waals surface area contributed by atoms with Crippen LogP contribution >= 0.6 is 0 Å². The minimum absolute atomic E-state index is 0.0144. The monoisotopic (exact) mass is 486 g/mol. The van der Waals surface area contributed by atoms with Crippen LogP contribution in [-0.4, -0.2) is 24.0 Å². The van der Waals surface area contributed by atoms with Gasteiger partial charge in [-0.15, -0.1) is 0 Å². The summed E-state index contributed by atoms with van der Waals surface area (Å²) in [6.45, 7) is 9.96. The van der Waals surface area contributed by atoms with E-state index in [2.05, 4.69) is 31.2 Å². The molecule has 4 nitrogen and oxygen atoms in total. The first-order valence-corrected chi connectivity index (χ1v) is 13.4. The molecule has 0 radical (unpaired) electrons. The zero-order valence-corrected chi connectivity index (χ0v) is 22.2. The number of ether oxygens (including phenoxy) is 1. The molecule has 36 heavy (non-hydrogen) atoms. The summed E-state index contributed by atoms with van der Waals surface area (Å²) in [4.78, 5) is 39.2. The summed E-state index contributed by atoms with van der Waals surface area (Å²) in [7, 11) is 0. The molecule has 0 spiro atoms. The largest absolute Gasteiger partial charge is 0.493 e. The number of rotatable bonds is 9. The summed E-state index contributed by atoms with van der Waals surface area (Å²) in [6, 6.07) is 12.5. The second-order valence-electron chi connectivity index (χ2n) is 10.9. The van der Waals surface area contributed by atoms with Gasteiger partial charge in [-0.05, 0) is 80.7 Å². The summed E-state index contributed by atoms with van der Waals surface area (Å²) in [5.41, 5.74) is 5.26. The van der Waals surface area contributed by atoms with Gasteiger partial charge in [0.1, 0.15) is 5.75 Å². The van der Waals surface area contributed by atoms with Crippen LogP contribution in [0, 0.1) is 24.7 Å². The molecule has 0 aromatic heterocycles. The second kappa shape index (κ2) is 10.9. The summed E-state index contributed by atoms with van der Waals surface area (Å²) >= 11 is 0. The SMILES string of the molecule is CCOc1cc2c(cc1C(=O)C1CCC(Cc3ccc(C)cc3)CC1)C(C(=O)C(=O)C(C)C)=CC2C. The van der Waals surface area contributed by atoms with E-state index in [1.165, 1.54) is 11.1 Å². The third kappa shape index (κ3) is 5.38. The number of hydrogen-bond acceptors (Lipinski definition) is 4. The normalized spacial score (nSPS) is 21.2. The molecular weight excluding hydrogens is 448 g/mol. The van der Waals surface area contributed by atoms with Crippen molar-refractivity contribution in [1.29, 1.82) is 0 Å². The lowest BCUT2D eigenvalue weighted by Crippen LogP contribution is -2.24. The van der Waals surface area contributed by atoms with E-state index >= 15 is 0 Å². The molecule has 0 amide bonds. The van der Waals surface area contributed by atoms with Gasteiger partial charge >= 0.3 is 0 Å². The molecule has 4 rings (SSSR count). The highest BCUT2D eigenvalue weighted by Crippen LogP contribution is 2.42. The van der Waals surface area contributed by atoms with E-state index in [1.54, 1.807) is 13.8 Å². The van der Waals surface area contributed by atoms with E-state index in [0.29, 0.717) is 35.0 Å². The van der Waals surface area contributed by atoms with Crippen LogP contribution in [0.5, 0.6) is 5.75 Å². The summed E-state index contributed by atoms with van der Waals surface area (Å²) in [5.74, 6) is -0.00132. The highest BCUT2D eigenvalue weighted by atomic mass is 16.5. The van der Waals surface area contributed by atoms with Crippen molar-refractivity contribution in [3.63, 3.8) is 0 Å². The van der Waals surface area contributed by atoms with Gasteiger partial charge in [0.25, 0.3) is 0 Å². The topological polar surface area (TPSA) is 60.4 Å². The molecule has 2 aliphatic carbocycles. The van der Waals surface area contributed by atoms with E-state index in [9.17, 15) is 14.4 Å². The second-order valence-corrected chi connectivity index (χ2v) is 10.9. The fourth-order valence-corrected chi connectivity index (χ4v) is 5.60. The molecule has 1 fully saturated rings. The molecular formula is C32H38O4. The van der Waals surface area contributed by atoms with Gasteiger partial charge in [0, 0.05) is 23.3 Å². The average Bonchev–Trinajstić information content (AvgIpc) is 3.19. The molecule has 0 aliphatic heterocycles. The van der Waals surface area contributed by atoms with E-state index in [0.717, 1.165) is 37.7 Å². The Morgan fingerprint density at radius 3 is 2.28 bits per heavy atom. The van der Waals surface area contributed by atoms with Crippen LogP contribution in [0.3, 0.4) is 0 Å². The van der Waals surface area contributed by atoms with Crippen molar-refractivity contribution in [2.75, 3.05) is 6.61 Å². The summed E-state index contributed by atoms with van der Waals surface area (Å²) in [5, 5.41) is 0. The van der Waals surface area contributed by atoms with Gasteiger partial charge in [0.15, 0.2) is 5.78 Å². The maximum atomic E-state index is 13.7. The lowest BCUT2D eigenvalue weighted by Gasteiger charge is -2.28. The van der Waals surface area contributed by atoms with Gasteiger partial charge in [-0.2, -0.15) is 0 Å². The first kappa shape index (κ1) is 26.1. The Balaban J connectivity index is 1.54. The van der Waals surface area contributed by atoms with Crippen LogP contribution in [0.2, 0.25) is 0 Å². The predicted molar refractivity (Wildman–Crippen MR) is 144 cm³/mol. The molecule has 0 saturated heterocycles. The lowest BCUT2D eigenvalue weighted by atomic mass is 9.76. The molecule has 1 atom stereocenters. The van der Waals surface area contributed by atoms with E-state index in [4.69, 9.17) is 4.74 Å². The Hall–Kier alpha value is -3.01. The fourth-order valence-electron chi connectivity index (χ4n) is 5.60. The third-order valence-electron chi connectivity index (χ3n) is 7.77. The molecule has 0 heterocycles. The van der Waals surface area contributed by atoms with Crippen molar-refractivity contribution in [2.45, 2.75) is 72.6 Å². The van der Waals surface area contributed by atoms with Crippen LogP contribution < -0.4 is 4.74 Å². The van der Waals surface area contributed by atoms with Crippen LogP contribution in [0.25, 0.3) is 5.57 Å². The number of hydrogen-bond donors (Lipinski definition) is 0. The van der Waals surface area contributed by atoms with Crippen LogP contribution in [0.1, 0.15) is 91.9 Å². The number of fused-ring (bicyclic) bond motifs is 1. The number of allylic oxidation sites excluding steroid dienone is 2. The van der Waals surface area contributed by atoms with Crippen molar-refractivity contribution >= 4 is 22.9 Å². The first-order valence-electron chi connectivity index (χ1n) is 13.4. The van der Waals surface area contributed by atoms with Crippen molar-refractivity contribution in [1.82, 2.24) is 0 Å². The van der Waals surface area contributed by atoms with Gasteiger partial charge in [0.05, 0.1) is 12.2 Å². The Morgan fingerprint density at radius 1 is 1.00 bits per heavy atom. The maximum absolute atomic E-state index is 13.7. The smallest absolute Gasteiger partial charge is 0.229 e. The molecule has 190 valence electrons. The van der Waals surface area contributed by atoms with Gasteiger partial charge < -0.3 is 4.74 Å². The van der Waals surface area contributed by atoms with Crippen molar-refractivity contribution in [3.05, 3.63) is 70.3 Å². The Bertz CT molecular complexity index is 1180. The average molecular weight is 487 g/mol. The van der Waals surface area contributed by atoms with Crippen molar-refractivity contribution in [3.8, 4) is 5.75 Å². The van der Waals surface area contributed by atoms with Gasteiger partial charge in [-0.1, -0.05) is 56.7 Å². The molecule has 2 aliphatic rings. The van der Waals surface area contributed by atoms with Crippen molar-refractivity contribution in [2.24, 2.45) is 17.8 Å². The number of carbonyl (C=O) groups is 3. The van der Waals surface area contributed by atoms with Crippen LogP contribution in [0.15, 0.2) is 42.5 Å². The summed E-state index contributed by atoms with van der Waals surface area (Å²) in [6.07, 6.45) is 6.70. The van der Waals surface area contributed by atoms with E-state index in [-0.39, 0.29) is 23.5 Å². The molecule has 4 heteroatoms. The van der Waals surface area contributed by atoms with E-state index < -0.39 is 11.6 Å². The van der Waals surface area contributed by atoms with Gasteiger partial charge in [-0.3, -0.25) is 14.4 Å². The maximum Gasteiger partial charge on any atom is 0.229 e. The van der Waals surface area contributed by atoms with Crippen LogP contribution in [-0.2, 0) is 16.0 Å². The van der Waals surface area contributed by atoms with Crippen molar-refractivity contribution < 1.29 is 19.1 Å². The number of benzene rings is 2.